The van der Waals surface area contributed by atoms with E-state index in [0.717, 1.165) is 30.3 Å². The molecule has 0 saturated heterocycles. The van der Waals surface area contributed by atoms with Gasteiger partial charge in [-0.25, -0.2) is 13.0 Å². The van der Waals surface area contributed by atoms with E-state index in [-0.39, 0.29) is 55.9 Å². The maximum atomic E-state index is 12.1. The summed E-state index contributed by atoms with van der Waals surface area (Å²) in [4.78, 5) is 19.4. The Bertz CT molecular complexity index is 989. The fraction of sp³-hybridized carbons (Fsp3) is 0.0769. The molecule has 0 bridgehead atoms. The van der Waals surface area contributed by atoms with Crippen LogP contribution in [0.5, 0.6) is 5.75 Å². The monoisotopic (exact) mass is 463 g/mol. The molecule has 0 amide bonds. The molecule has 2 rings (SSSR count). The zero-order valence-corrected chi connectivity index (χ0v) is 18.9. The van der Waals surface area contributed by atoms with Gasteiger partial charge >= 0.3 is 7.60 Å². The van der Waals surface area contributed by atoms with Crippen LogP contribution in [0.3, 0.4) is 0 Å². The molecule has 2 aromatic carbocycles. The van der Waals surface area contributed by atoms with Gasteiger partial charge in [-0.1, -0.05) is 23.2 Å². The first-order valence-corrected chi connectivity index (χ1v) is 10.7. The molecule has 0 aliphatic carbocycles. The molecule has 2 aromatic rings. The number of hydrogen-bond donors (Lipinski definition) is 2. The molecule has 0 aliphatic heterocycles. The van der Waals surface area contributed by atoms with Gasteiger partial charge in [-0.15, -0.1) is 0 Å². The molecule has 1 unspecified atom stereocenters. The Kier molecular flexibility index (Phi) is 8.74. The van der Waals surface area contributed by atoms with Crippen molar-refractivity contribution in [2.24, 2.45) is 0 Å². The summed E-state index contributed by atoms with van der Waals surface area (Å²) in [6, 6.07) is 7.93. The Balaban J connectivity index is 0.00000364. The van der Waals surface area contributed by atoms with Crippen LogP contribution in [0.4, 0.5) is 5.69 Å². The summed E-state index contributed by atoms with van der Waals surface area (Å²) in [6.07, 6.45) is -0.924. The summed E-state index contributed by atoms with van der Waals surface area (Å²) in [7, 11) is -8.55. The van der Waals surface area contributed by atoms with Crippen LogP contribution in [-0.2, 0) is 14.6 Å². The van der Waals surface area contributed by atoms with Crippen molar-refractivity contribution < 1.29 is 27.3 Å². The van der Waals surface area contributed by atoms with Gasteiger partial charge in [0.05, 0.1) is 19.9 Å². The Morgan fingerprint density at radius 3 is 2.26 bits per heavy atom. The van der Waals surface area contributed by atoms with E-state index in [9.17, 15) is 28.0 Å². The fourth-order valence-electron chi connectivity index (χ4n) is 1.72. The molecule has 0 aliphatic rings. The molecule has 0 saturated carbocycles. The molecule has 0 aromatic heterocycles. The minimum Gasteiger partial charge on any atom is -0.424 e. The SMILES string of the molecule is O=[N+]([O-])c1ccc(OP(=O)(O)CNS(=O)(=O)c2ccc(Cl)c(Cl)c2)cc1.[Na]. The number of non-ortho nitro benzene ring substituents is 1. The van der Waals surface area contributed by atoms with E-state index >= 15 is 0 Å². The van der Waals surface area contributed by atoms with Gasteiger partial charge in [0.25, 0.3) is 5.69 Å². The van der Waals surface area contributed by atoms with E-state index in [2.05, 4.69) is 0 Å². The first-order valence-electron chi connectivity index (χ1n) is 6.71. The third-order valence-electron chi connectivity index (χ3n) is 2.95. The van der Waals surface area contributed by atoms with E-state index in [1.807, 2.05) is 4.72 Å². The molecular formula is C13H11Cl2N2NaO7PS. The number of sulfonamides is 1. The average molecular weight is 464 g/mol. The van der Waals surface area contributed by atoms with Crippen molar-refractivity contribution in [2.75, 3.05) is 6.29 Å². The van der Waals surface area contributed by atoms with Gasteiger partial charge < -0.3 is 9.42 Å². The smallest absolute Gasteiger partial charge is 0.391 e. The third-order valence-corrected chi connectivity index (χ3v) is 6.36. The van der Waals surface area contributed by atoms with E-state index in [1.54, 1.807) is 0 Å². The van der Waals surface area contributed by atoms with E-state index in [1.165, 1.54) is 12.1 Å². The predicted molar refractivity (Wildman–Crippen MR) is 101 cm³/mol. The van der Waals surface area contributed by atoms with Crippen LogP contribution in [0, 0.1) is 10.1 Å². The topological polar surface area (TPSA) is 136 Å². The van der Waals surface area contributed by atoms with Gasteiger partial charge in [-0.2, -0.15) is 4.72 Å². The normalized spacial score (nSPS) is 13.3. The number of nitro benzene ring substituents is 1. The van der Waals surface area contributed by atoms with Crippen molar-refractivity contribution in [2.45, 2.75) is 4.90 Å². The van der Waals surface area contributed by atoms with E-state index < -0.39 is 28.8 Å². The predicted octanol–water partition coefficient (Wildman–Crippen LogP) is 3.02. The maximum Gasteiger partial charge on any atom is 0.391 e. The quantitative estimate of drug-likeness (QED) is 0.278. The Labute approximate surface area is 186 Å². The van der Waals surface area contributed by atoms with Crippen LogP contribution in [0.15, 0.2) is 47.4 Å². The van der Waals surface area contributed by atoms with Crippen LogP contribution in [0.1, 0.15) is 0 Å². The van der Waals surface area contributed by atoms with Crippen molar-refractivity contribution in [3.8, 4) is 5.75 Å². The van der Waals surface area contributed by atoms with Crippen molar-refractivity contribution in [3.63, 3.8) is 0 Å². The number of halogens is 2. The molecule has 0 spiro atoms. The van der Waals surface area contributed by atoms with E-state index in [0.29, 0.717) is 0 Å². The molecule has 141 valence electrons. The third kappa shape index (κ3) is 7.01. The standard InChI is InChI=1S/C13H11Cl2N2O7PS.Na/c14-12-6-5-11(7-13(12)15)26(22,23)16-8-25(20,21)24-10-3-1-9(2-4-10)17(18)19;/h1-7,16H,8H2,(H,20,21);. The molecule has 9 nitrogen and oxygen atoms in total. The number of rotatable bonds is 7. The second-order valence-electron chi connectivity index (χ2n) is 4.86. The number of nitrogens with zero attached hydrogens (tertiary/aromatic N) is 1. The average Bonchev–Trinajstić information content (AvgIpc) is 2.56. The minimum atomic E-state index is -4.41. The van der Waals surface area contributed by atoms with Gasteiger partial charge in [-0.3, -0.25) is 10.1 Å². The van der Waals surface area contributed by atoms with Crippen LogP contribution in [0.25, 0.3) is 0 Å². The Hall–Kier alpha value is -0.680. The summed E-state index contributed by atoms with van der Waals surface area (Å²) in [6.45, 7) is 0. The largest absolute Gasteiger partial charge is 0.424 e. The molecule has 1 radical (unpaired) electrons. The Morgan fingerprint density at radius 1 is 1.15 bits per heavy atom. The fourth-order valence-corrected chi connectivity index (χ4v) is 4.62. The van der Waals surface area contributed by atoms with Gasteiger partial charge in [-0.05, 0) is 30.3 Å². The maximum absolute atomic E-state index is 12.1. The van der Waals surface area contributed by atoms with Crippen LogP contribution in [-0.4, -0.2) is 54.1 Å². The molecular weight excluding hydrogens is 453 g/mol. The zero-order chi connectivity index (χ0) is 19.5. The molecule has 2 N–H and O–H groups in total. The van der Waals surface area contributed by atoms with Gasteiger partial charge in [0, 0.05) is 41.7 Å². The summed E-state index contributed by atoms with van der Waals surface area (Å²) >= 11 is 11.5. The van der Waals surface area contributed by atoms with Gasteiger partial charge in [0.15, 0.2) is 0 Å². The summed E-state index contributed by atoms with van der Waals surface area (Å²) < 4.78 is 43.1. The van der Waals surface area contributed by atoms with Gasteiger partial charge in [0.2, 0.25) is 10.0 Å². The zero-order valence-electron chi connectivity index (χ0n) is 13.7. The Morgan fingerprint density at radius 2 is 1.74 bits per heavy atom. The molecule has 27 heavy (non-hydrogen) atoms. The van der Waals surface area contributed by atoms with Crippen molar-refractivity contribution in [1.29, 1.82) is 0 Å². The van der Waals surface area contributed by atoms with E-state index in [4.69, 9.17) is 27.7 Å². The minimum absolute atomic E-state index is 0. The number of hydrogen-bond acceptors (Lipinski definition) is 6. The number of nitro groups is 1. The first-order chi connectivity index (χ1) is 12.0. The molecule has 0 fully saturated rings. The number of benzene rings is 2. The second-order valence-corrected chi connectivity index (χ2v) is 9.22. The molecule has 1 atom stereocenters. The second kappa shape index (κ2) is 9.69. The van der Waals surface area contributed by atoms with Crippen molar-refractivity contribution >= 4 is 76.1 Å². The summed E-state index contributed by atoms with van der Waals surface area (Å²) in [5.74, 6) is -0.129. The van der Waals surface area contributed by atoms with Crippen molar-refractivity contribution in [3.05, 3.63) is 62.6 Å². The number of nitrogens with one attached hydrogen (secondary N) is 1. The van der Waals surface area contributed by atoms with Crippen LogP contribution >= 0.6 is 30.8 Å². The molecule has 14 heteroatoms. The molecule has 0 heterocycles. The van der Waals surface area contributed by atoms with Gasteiger partial charge in [0.1, 0.15) is 12.0 Å². The summed E-state index contributed by atoms with van der Waals surface area (Å²) in [5, 5.41) is 10.7. The van der Waals surface area contributed by atoms with Crippen molar-refractivity contribution in [1.82, 2.24) is 4.72 Å². The first kappa shape index (κ1) is 24.4. The summed E-state index contributed by atoms with van der Waals surface area (Å²) in [5.41, 5.74) is -0.231. The van der Waals surface area contributed by atoms with Crippen LogP contribution in [0.2, 0.25) is 10.0 Å². The van der Waals surface area contributed by atoms with Crippen LogP contribution < -0.4 is 9.25 Å².